The topological polar surface area (TPSA) is 104 Å². The molecule has 2 aliphatic rings. The number of hydrogen-bond acceptors (Lipinski definition) is 7. The smallest absolute Gasteiger partial charge is 0.393 e. The predicted molar refractivity (Wildman–Crippen MR) is 69.3 cm³/mol. The minimum Gasteiger partial charge on any atom is -0.393 e. The van der Waals surface area contributed by atoms with Gasteiger partial charge in [-0.15, -0.1) is 0 Å². The van der Waals surface area contributed by atoms with Crippen molar-refractivity contribution >= 4 is 5.69 Å². The fraction of sp³-hybridized carbons (Fsp3) is 0.615. The Kier molecular flexibility index (Phi) is 3.97. The third kappa shape index (κ3) is 2.66. The van der Waals surface area contributed by atoms with Crippen LogP contribution in [0.1, 0.15) is 5.56 Å². The highest BCUT2D eigenvalue weighted by molar-refractivity contribution is 5.51. The molecular weight excluding hydrogens is 321 g/mol. The maximum atomic E-state index is 13.0. The first-order valence-corrected chi connectivity index (χ1v) is 6.83. The third-order valence-corrected chi connectivity index (χ3v) is 4.08. The van der Waals surface area contributed by atoms with Crippen LogP contribution in [0.15, 0.2) is 18.5 Å². The summed E-state index contributed by atoms with van der Waals surface area (Å²) in [6.45, 7) is -0.765. The van der Waals surface area contributed by atoms with Crippen LogP contribution < -0.4 is 5.32 Å². The average molecular weight is 336 g/mol. The number of hydrogen-bond donors (Lipinski definition) is 4. The number of pyridine rings is 1. The van der Waals surface area contributed by atoms with E-state index in [0.717, 1.165) is 18.5 Å². The molecule has 10 heteroatoms. The molecule has 2 bridgehead atoms. The van der Waals surface area contributed by atoms with E-state index in [1.165, 1.54) is 0 Å². The molecule has 0 unspecified atom stereocenters. The molecule has 1 aromatic heterocycles. The van der Waals surface area contributed by atoms with Crippen molar-refractivity contribution in [1.29, 1.82) is 0 Å². The molecular formula is C13H15F3N2O5. The number of nitrogens with zero attached hydrogens (tertiary/aromatic N) is 1. The highest BCUT2D eigenvalue weighted by atomic mass is 19.4. The number of ether oxygens (including phenoxy) is 2. The quantitative estimate of drug-likeness (QED) is 0.602. The van der Waals surface area contributed by atoms with E-state index < -0.39 is 48.5 Å². The maximum absolute atomic E-state index is 13.0. The van der Waals surface area contributed by atoms with Gasteiger partial charge in [0.05, 0.1) is 30.7 Å². The number of nitrogens with one attached hydrogen (secondary N) is 1. The van der Waals surface area contributed by atoms with E-state index in [0.29, 0.717) is 0 Å². The zero-order chi connectivity index (χ0) is 16.8. The molecule has 2 fully saturated rings. The second kappa shape index (κ2) is 5.56. The molecule has 2 saturated heterocycles. The fourth-order valence-electron chi connectivity index (χ4n) is 2.79. The van der Waals surface area contributed by atoms with Crippen LogP contribution in [0.2, 0.25) is 0 Å². The molecule has 0 aliphatic carbocycles. The lowest BCUT2D eigenvalue weighted by Crippen LogP contribution is -2.64. The number of aliphatic hydroxyl groups is 3. The minimum absolute atomic E-state index is 0.177. The Balaban J connectivity index is 1.87. The van der Waals surface area contributed by atoms with E-state index >= 15 is 0 Å². The van der Waals surface area contributed by atoms with Gasteiger partial charge in [0.2, 0.25) is 0 Å². The number of halogens is 3. The first-order chi connectivity index (χ1) is 10.8. The van der Waals surface area contributed by atoms with E-state index in [1.807, 2.05) is 0 Å². The van der Waals surface area contributed by atoms with Gasteiger partial charge in [0.15, 0.2) is 6.29 Å². The third-order valence-electron chi connectivity index (χ3n) is 4.08. The van der Waals surface area contributed by atoms with Crippen LogP contribution in [0.25, 0.3) is 0 Å². The summed E-state index contributed by atoms with van der Waals surface area (Å²) in [7, 11) is 0. The molecule has 5 atom stereocenters. The lowest BCUT2D eigenvalue weighted by Gasteiger charge is -2.42. The zero-order valence-electron chi connectivity index (χ0n) is 11.7. The minimum atomic E-state index is -4.62. The van der Waals surface area contributed by atoms with Gasteiger partial charge in [-0.05, 0) is 6.07 Å². The molecule has 0 radical (unpaired) electrons. The Morgan fingerprint density at radius 2 is 2.13 bits per heavy atom. The standard InChI is InChI=1S/C13H15F3N2O5/c14-13(15,16)6-1-2-17-3-7(6)18-8-9(20)10(21)12(4-19)5-22-11(8)23-12/h1-3,8-11,18-21H,4-5H2/t8-,9-,10-,11+,12+/m1/s1. The maximum Gasteiger partial charge on any atom is 0.418 e. The molecule has 0 spiro atoms. The molecule has 128 valence electrons. The summed E-state index contributed by atoms with van der Waals surface area (Å²) in [5.74, 6) is 0. The Morgan fingerprint density at radius 1 is 1.39 bits per heavy atom. The van der Waals surface area contributed by atoms with Crippen molar-refractivity contribution in [1.82, 2.24) is 4.98 Å². The molecule has 0 aromatic carbocycles. The average Bonchev–Trinajstić information content (AvgIpc) is 2.92. The summed E-state index contributed by atoms with van der Waals surface area (Å²) < 4.78 is 49.6. The molecule has 0 saturated carbocycles. The van der Waals surface area contributed by atoms with E-state index in [1.54, 1.807) is 0 Å². The molecule has 23 heavy (non-hydrogen) atoms. The first kappa shape index (κ1) is 16.4. The summed E-state index contributed by atoms with van der Waals surface area (Å²) in [6, 6.07) is -0.361. The first-order valence-electron chi connectivity index (χ1n) is 6.83. The van der Waals surface area contributed by atoms with Crippen LogP contribution in [0, 0.1) is 0 Å². The van der Waals surface area contributed by atoms with Gasteiger partial charge in [-0.25, -0.2) is 0 Å². The largest absolute Gasteiger partial charge is 0.418 e. The Bertz CT molecular complexity index is 587. The van der Waals surface area contributed by atoms with E-state index in [9.17, 15) is 28.5 Å². The van der Waals surface area contributed by atoms with Crippen molar-refractivity contribution in [2.45, 2.75) is 36.3 Å². The summed E-state index contributed by atoms with van der Waals surface area (Å²) in [5, 5.41) is 32.1. The molecule has 1 aromatic rings. The van der Waals surface area contributed by atoms with Crippen LogP contribution >= 0.6 is 0 Å². The van der Waals surface area contributed by atoms with Crippen molar-refractivity contribution in [3.05, 3.63) is 24.0 Å². The van der Waals surface area contributed by atoms with Gasteiger partial charge in [0, 0.05) is 6.20 Å². The Morgan fingerprint density at radius 3 is 2.78 bits per heavy atom. The summed E-state index contributed by atoms with van der Waals surface area (Å²) in [6.07, 6.45) is -6.78. The number of anilines is 1. The van der Waals surface area contributed by atoms with Gasteiger partial charge >= 0.3 is 6.18 Å². The molecule has 0 amide bonds. The highest BCUT2D eigenvalue weighted by Gasteiger charge is 2.59. The molecule has 3 rings (SSSR count). The van der Waals surface area contributed by atoms with Crippen molar-refractivity contribution in [3.63, 3.8) is 0 Å². The number of aromatic nitrogens is 1. The van der Waals surface area contributed by atoms with Crippen molar-refractivity contribution in [2.24, 2.45) is 0 Å². The van der Waals surface area contributed by atoms with Gasteiger partial charge in [-0.1, -0.05) is 0 Å². The lowest BCUT2D eigenvalue weighted by atomic mass is 9.88. The van der Waals surface area contributed by atoms with Crippen LogP contribution in [-0.4, -0.2) is 63.7 Å². The lowest BCUT2D eigenvalue weighted by molar-refractivity contribution is -0.224. The molecule has 2 aliphatic heterocycles. The second-order valence-corrected chi connectivity index (χ2v) is 5.54. The number of aliphatic hydroxyl groups excluding tert-OH is 3. The molecule has 7 nitrogen and oxygen atoms in total. The van der Waals surface area contributed by atoms with Crippen LogP contribution in [0.3, 0.4) is 0 Å². The van der Waals surface area contributed by atoms with Crippen molar-refractivity contribution < 1.29 is 38.0 Å². The fourth-order valence-corrected chi connectivity index (χ4v) is 2.79. The predicted octanol–water partition coefficient (Wildman–Crippen LogP) is -0.280. The van der Waals surface area contributed by atoms with E-state index in [4.69, 9.17) is 9.47 Å². The zero-order valence-corrected chi connectivity index (χ0v) is 11.7. The molecule has 4 N–H and O–H groups in total. The Hall–Kier alpha value is -1.46. The normalized spacial score (nSPS) is 37.0. The van der Waals surface area contributed by atoms with Crippen LogP contribution in [0.5, 0.6) is 0 Å². The Labute approximate surface area is 128 Å². The number of alkyl halides is 3. The van der Waals surface area contributed by atoms with Crippen LogP contribution in [-0.2, 0) is 15.7 Å². The second-order valence-electron chi connectivity index (χ2n) is 5.54. The van der Waals surface area contributed by atoms with Gasteiger partial charge in [0.25, 0.3) is 0 Å². The van der Waals surface area contributed by atoms with E-state index in [-0.39, 0.29) is 12.3 Å². The monoisotopic (exact) mass is 336 g/mol. The van der Waals surface area contributed by atoms with Gasteiger partial charge < -0.3 is 30.1 Å². The molecule has 3 heterocycles. The van der Waals surface area contributed by atoms with E-state index in [2.05, 4.69) is 10.3 Å². The van der Waals surface area contributed by atoms with Crippen LogP contribution in [0.4, 0.5) is 18.9 Å². The summed E-state index contributed by atoms with van der Waals surface area (Å²) in [4.78, 5) is 3.63. The highest BCUT2D eigenvalue weighted by Crippen LogP contribution is 2.39. The summed E-state index contributed by atoms with van der Waals surface area (Å²) in [5.41, 5.74) is -2.80. The summed E-state index contributed by atoms with van der Waals surface area (Å²) >= 11 is 0. The van der Waals surface area contributed by atoms with Crippen molar-refractivity contribution in [2.75, 3.05) is 18.5 Å². The number of rotatable bonds is 3. The van der Waals surface area contributed by atoms with Gasteiger partial charge in [-0.2, -0.15) is 13.2 Å². The van der Waals surface area contributed by atoms with Gasteiger partial charge in [0.1, 0.15) is 23.9 Å². The van der Waals surface area contributed by atoms with Gasteiger partial charge in [-0.3, -0.25) is 4.98 Å². The number of fused-ring (bicyclic) bond motifs is 2. The van der Waals surface area contributed by atoms with Crippen molar-refractivity contribution in [3.8, 4) is 0 Å². The SMILES string of the molecule is OC[C@@]12CO[C@@H](O1)[C@H](Nc1cnccc1C(F)(F)F)[C@@H](O)[C@H]2O.